The maximum atomic E-state index is 12.7. The topological polar surface area (TPSA) is 124 Å². The molecule has 192 valence electrons. The summed E-state index contributed by atoms with van der Waals surface area (Å²) >= 11 is 0. The third kappa shape index (κ3) is 4.92. The van der Waals surface area contributed by atoms with Crippen LogP contribution >= 0.6 is 0 Å². The molecular weight excluding hydrogens is 484 g/mol. The zero-order chi connectivity index (χ0) is 25.4. The number of nitrogens with zero attached hydrogens (tertiary/aromatic N) is 2. The van der Waals surface area contributed by atoms with E-state index < -0.39 is 10.1 Å². The molecule has 0 unspecified atom stereocenters. The number of carbonyl (C=O) groups excluding carboxylic acids is 1. The van der Waals surface area contributed by atoms with E-state index in [9.17, 15) is 13.2 Å². The molecule has 1 saturated heterocycles. The molecule has 10 nitrogen and oxygen atoms in total. The first kappa shape index (κ1) is 24.6. The first-order valence-electron chi connectivity index (χ1n) is 11.8. The summed E-state index contributed by atoms with van der Waals surface area (Å²) in [4.78, 5) is 20.8. The second-order valence-corrected chi connectivity index (χ2v) is 10.8. The SMILES string of the molecule is COc1cc(-c2cc3cc(CN4CCN(CCO)CC4)ccc3[nH]2)c2c(c1OS(C)(=O)=O)CNC2=O. The minimum atomic E-state index is -3.81. The number of ether oxygens (including phenoxy) is 1. The van der Waals surface area contributed by atoms with Crippen molar-refractivity contribution in [2.45, 2.75) is 13.1 Å². The van der Waals surface area contributed by atoms with E-state index in [-0.39, 0.29) is 30.6 Å². The number of aromatic nitrogens is 1. The number of rotatable bonds is 8. The highest BCUT2D eigenvalue weighted by molar-refractivity contribution is 7.86. The van der Waals surface area contributed by atoms with Gasteiger partial charge in [-0.15, -0.1) is 0 Å². The van der Waals surface area contributed by atoms with Crippen LogP contribution in [-0.2, 0) is 23.2 Å². The fourth-order valence-corrected chi connectivity index (χ4v) is 5.47. The molecular formula is C25H30N4O6S. The number of fused-ring (bicyclic) bond motifs is 2. The predicted molar refractivity (Wildman–Crippen MR) is 136 cm³/mol. The third-order valence-corrected chi connectivity index (χ3v) is 7.18. The maximum Gasteiger partial charge on any atom is 0.306 e. The molecule has 11 heteroatoms. The Balaban J connectivity index is 1.46. The van der Waals surface area contributed by atoms with Crippen LogP contribution in [0.25, 0.3) is 22.2 Å². The van der Waals surface area contributed by atoms with Gasteiger partial charge in [0.25, 0.3) is 5.91 Å². The number of hydrogen-bond donors (Lipinski definition) is 3. The Morgan fingerprint density at radius 2 is 1.83 bits per heavy atom. The molecule has 1 fully saturated rings. The molecule has 2 aliphatic heterocycles. The van der Waals surface area contributed by atoms with Gasteiger partial charge in [0.1, 0.15) is 0 Å². The van der Waals surface area contributed by atoms with E-state index >= 15 is 0 Å². The van der Waals surface area contributed by atoms with Gasteiger partial charge in [0.05, 0.1) is 25.5 Å². The summed E-state index contributed by atoms with van der Waals surface area (Å²) in [6.45, 7) is 5.72. The van der Waals surface area contributed by atoms with Gasteiger partial charge in [-0.2, -0.15) is 8.42 Å². The fourth-order valence-electron chi connectivity index (χ4n) is 4.98. The molecule has 1 aromatic heterocycles. The molecule has 5 rings (SSSR count). The number of piperazine rings is 1. The van der Waals surface area contributed by atoms with E-state index in [0.29, 0.717) is 16.7 Å². The molecule has 2 aromatic carbocycles. The number of nitrogens with one attached hydrogen (secondary N) is 2. The van der Waals surface area contributed by atoms with Crippen LogP contribution < -0.4 is 14.2 Å². The number of aromatic amines is 1. The Bertz CT molecular complexity index is 1410. The molecule has 3 aromatic rings. The van der Waals surface area contributed by atoms with Crippen LogP contribution in [0.15, 0.2) is 30.3 Å². The Kier molecular flexibility index (Phi) is 6.64. The number of hydrogen-bond acceptors (Lipinski definition) is 8. The number of aliphatic hydroxyl groups is 1. The van der Waals surface area contributed by atoms with Crippen molar-refractivity contribution in [3.8, 4) is 22.8 Å². The minimum absolute atomic E-state index is 0.0367. The van der Waals surface area contributed by atoms with Gasteiger partial charge in [0.15, 0.2) is 11.5 Å². The molecule has 0 spiro atoms. The zero-order valence-electron chi connectivity index (χ0n) is 20.3. The quantitative estimate of drug-likeness (QED) is 0.387. The van der Waals surface area contributed by atoms with E-state index in [0.717, 1.165) is 62.1 Å². The van der Waals surface area contributed by atoms with Crippen LogP contribution in [0, 0.1) is 0 Å². The van der Waals surface area contributed by atoms with Crippen LogP contribution in [0.2, 0.25) is 0 Å². The Labute approximate surface area is 209 Å². The summed E-state index contributed by atoms with van der Waals surface area (Å²) < 4.78 is 34.3. The fraction of sp³-hybridized carbons (Fsp3) is 0.400. The molecule has 0 saturated carbocycles. The van der Waals surface area contributed by atoms with Crippen LogP contribution in [0.4, 0.5) is 0 Å². The van der Waals surface area contributed by atoms with Gasteiger partial charge in [0, 0.05) is 73.5 Å². The molecule has 0 aliphatic carbocycles. The summed E-state index contributed by atoms with van der Waals surface area (Å²) in [6.07, 6.45) is 0.960. The van der Waals surface area contributed by atoms with Gasteiger partial charge in [-0.25, -0.2) is 0 Å². The highest BCUT2D eigenvalue weighted by Crippen LogP contribution is 2.43. The van der Waals surface area contributed by atoms with Gasteiger partial charge in [-0.05, 0) is 29.8 Å². The zero-order valence-corrected chi connectivity index (χ0v) is 21.2. The summed E-state index contributed by atoms with van der Waals surface area (Å²) in [7, 11) is -2.38. The molecule has 3 N–H and O–H groups in total. The summed E-state index contributed by atoms with van der Waals surface area (Å²) in [5, 5.41) is 12.9. The number of methoxy groups -OCH3 is 1. The molecule has 3 heterocycles. The molecule has 0 atom stereocenters. The molecule has 36 heavy (non-hydrogen) atoms. The van der Waals surface area contributed by atoms with Crippen molar-refractivity contribution in [1.29, 1.82) is 0 Å². The lowest BCUT2D eigenvalue weighted by Crippen LogP contribution is -2.46. The lowest BCUT2D eigenvalue weighted by molar-refractivity contribution is 0.0966. The van der Waals surface area contributed by atoms with Crippen molar-refractivity contribution in [3.05, 3.63) is 47.0 Å². The number of aliphatic hydroxyl groups excluding tert-OH is 1. The molecule has 2 aliphatic rings. The largest absolute Gasteiger partial charge is 0.493 e. The monoisotopic (exact) mass is 514 g/mol. The lowest BCUT2D eigenvalue weighted by atomic mass is 9.98. The highest BCUT2D eigenvalue weighted by atomic mass is 32.2. The summed E-state index contributed by atoms with van der Waals surface area (Å²) in [5.74, 6) is -0.0133. The Morgan fingerprint density at radius 3 is 2.53 bits per heavy atom. The number of amides is 1. The van der Waals surface area contributed by atoms with Crippen molar-refractivity contribution in [2.24, 2.45) is 0 Å². The van der Waals surface area contributed by atoms with E-state index in [1.165, 1.54) is 12.7 Å². The lowest BCUT2D eigenvalue weighted by Gasteiger charge is -2.34. The first-order chi connectivity index (χ1) is 17.3. The van der Waals surface area contributed by atoms with Crippen molar-refractivity contribution in [2.75, 3.05) is 52.7 Å². The highest BCUT2D eigenvalue weighted by Gasteiger charge is 2.32. The average Bonchev–Trinajstić information content (AvgIpc) is 3.43. The average molecular weight is 515 g/mol. The van der Waals surface area contributed by atoms with Crippen molar-refractivity contribution in [3.63, 3.8) is 0 Å². The van der Waals surface area contributed by atoms with Gasteiger partial charge < -0.3 is 24.3 Å². The van der Waals surface area contributed by atoms with E-state index in [2.05, 4.69) is 32.2 Å². The smallest absolute Gasteiger partial charge is 0.306 e. The molecule has 1 amide bonds. The summed E-state index contributed by atoms with van der Waals surface area (Å²) in [6, 6.07) is 9.92. The van der Waals surface area contributed by atoms with Crippen molar-refractivity contribution in [1.82, 2.24) is 20.1 Å². The van der Waals surface area contributed by atoms with Crippen LogP contribution in [0.5, 0.6) is 11.5 Å². The molecule has 0 bridgehead atoms. The van der Waals surface area contributed by atoms with Crippen molar-refractivity contribution >= 4 is 26.9 Å². The predicted octanol–water partition coefficient (Wildman–Crippen LogP) is 1.54. The van der Waals surface area contributed by atoms with Gasteiger partial charge >= 0.3 is 10.1 Å². The summed E-state index contributed by atoms with van der Waals surface area (Å²) in [5.41, 5.74) is 4.32. The van der Waals surface area contributed by atoms with Crippen LogP contribution in [0.3, 0.4) is 0 Å². The van der Waals surface area contributed by atoms with Gasteiger partial charge in [-0.3, -0.25) is 14.6 Å². The minimum Gasteiger partial charge on any atom is -0.493 e. The Morgan fingerprint density at radius 1 is 1.08 bits per heavy atom. The van der Waals surface area contributed by atoms with Crippen molar-refractivity contribution < 1.29 is 27.2 Å². The number of carbonyl (C=O) groups is 1. The van der Waals surface area contributed by atoms with Gasteiger partial charge in [0.2, 0.25) is 0 Å². The first-order valence-corrected chi connectivity index (χ1v) is 13.7. The normalized spacial score (nSPS) is 16.8. The van der Waals surface area contributed by atoms with Gasteiger partial charge in [-0.1, -0.05) is 6.07 Å². The third-order valence-electron chi connectivity index (χ3n) is 6.71. The molecule has 0 radical (unpaired) electrons. The van der Waals surface area contributed by atoms with E-state index in [4.69, 9.17) is 14.0 Å². The number of benzene rings is 2. The number of β-amino-alcohol motifs (C(OH)–C–C–N with tert-alkyl or cyclic N) is 1. The van der Waals surface area contributed by atoms with E-state index in [1.54, 1.807) is 6.07 Å². The number of H-pyrrole nitrogens is 1. The maximum absolute atomic E-state index is 12.7. The van der Waals surface area contributed by atoms with Crippen LogP contribution in [0.1, 0.15) is 21.5 Å². The van der Waals surface area contributed by atoms with E-state index in [1.807, 2.05) is 12.1 Å². The van der Waals surface area contributed by atoms with Crippen LogP contribution in [-0.4, -0.2) is 86.9 Å². The Hall–Kier alpha value is -3.12. The second-order valence-electron chi connectivity index (χ2n) is 9.23. The standard InChI is InChI=1S/C25H30N4O6S/c1-34-22-13-18(23-19(14-26-25(23)31)24(22)35-36(2,32)33)21-12-17-11-16(3-4-20(17)27-21)15-29-7-5-28(6-8-29)9-10-30/h3-4,11-13,27,30H,5-10,14-15H2,1-2H3,(H,26,31). The second kappa shape index (κ2) is 9.74.